The largest absolute Gasteiger partial charge is 2.00 e. The maximum Gasteiger partial charge on any atom is 2.00 e. The van der Waals surface area contributed by atoms with E-state index in [0.717, 1.165) is 0 Å². The van der Waals surface area contributed by atoms with Crippen LogP contribution < -0.4 is 0 Å². The van der Waals surface area contributed by atoms with Crippen LogP contribution in [0.3, 0.4) is 0 Å². The third kappa shape index (κ3) is 5.89. The van der Waals surface area contributed by atoms with Gasteiger partial charge < -0.3 is 0 Å². The fourth-order valence-corrected chi connectivity index (χ4v) is 1.44. The molecule has 15 heavy (non-hydrogen) atoms. The number of rotatable bonds is 0. The maximum absolute atomic E-state index is 2.17. The molecule has 0 aliphatic carbocycles. The van der Waals surface area contributed by atoms with Gasteiger partial charge >= 0.3 is 26.2 Å². The van der Waals surface area contributed by atoms with E-state index in [4.69, 9.17) is 0 Å². The molecule has 0 unspecified atom stereocenters. The molecule has 0 aromatic heterocycles. The molecule has 0 atom stereocenters. The van der Waals surface area contributed by atoms with Gasteiger partial charge in [0.2, 0.25) is 0 Å². The van der Waals surface area contributed by atoms with Crippen molar-refractivity contribution in [1.82, 2.24) is 0 Å². The minimum atomic E-state index is 0. The van der Waals surface area contributed by atoms with Crippen molar-refractivity contribution in [3.05, 3.63) is 58.7 Å². The summed E-state index contributed by atoms with van der Waals surface area (Å²) in [7, 11) is 0. The first-order valence-electron chi connectivity index (χ1n) is 4.98. The topological polar surface area (TPSA) is 0 Å². The van der Waals surface area contributed by atoms with E-state index in [1.165, 1.54) is 22.3 Å². The minimum Gasteiger partial charge on any atom is -0.211 e. The Balaban J connectivity index is 0.000000245. The van der Waals surface area contributed by atoms with Crippen LogP contribution in [0.4, 0.5) is 0 Å². The Bertz CT molecular complexity index is 308. The normalized spacial score (nSPS) is 8.80. The summed E-state index contributed by atoms with van der Waals surface area (Å²) in [5.74, 6) is 0. The first-order valence-corrected chi connectivity index (χ1v) is 4.98. The van der Waals surface area contributed by atoms with Crippen LogP contribution in [0, 0.1) is 27.7 Å². The van der Waals surface area contributed by atoms with Crippen LogP contribution in [-0.2, 0) is 26.2 Å². The molecule has 2 rings (SSSR count). The van der Waals surface area contributed by atoms with Gasteiger partial charge in [-0.3, -0.25) is 0 Å². The van der Waals surface area contributed by atoms with E-state index in [0.29, 0.717) is 0 Å². The Hall–Kier alpha value is -0.417. The van der Waals surface area contributed by atoms with Crippen molar-refractivity contribution in [2.45, 2.75) is 27.7 Å². The SMILES string of the molecule is Cc1cc[c-](C)c1.Cc1cc[c-](C)c1.[Zr+2]. The first-order chi connectivity index (χ1) is 6.58. The summed E-state index contributed by atoms with van der Waals surface area (Å²) in [6, 6.07) is 12.8. The van der Waals surface area contributed by atoms with Crippen molar-refractivity contribution >= 4 is 0 Å². The summed E-state index contributed by atoms with van der Waals surface area (Å²) in [5, 5.41) is 0. The molecule has 0 amide bonds. The Morgan fingerprint density at radius 1 is 0.800 bits per heavy atom. The molecule has 0 spiro atoms. The van der Waals surface area contributed by atoms with Gasteiger partial charge in [-0.25, -0.2) is 23.3 Å². The van der Waals surface area contributed by atoms with Gasteiger partial charge in [-0.15, -0.1) is 0 Å². The van der Waals surface area contributed by atoms with E-state index >= 15 is 0 Å². The Labute approximate surface area is 112 Å². The first kappa shape index (κ1) is 14.6. The summed E-state index contributed by atoms with van der Waals surface area (Å²) < 4.78 is 0. The van der Waals surface area contributed by atoms with Crippen LogP contribution in [0.1, 0.15) is 22.3 Å². The molecule has 0 bridgehead atoms. The fourth-order valence-electron chi connectivity index (χ4n) is 1.44. The molecule has 2 aromatic carbocycles. The quantitative estimate of drug-likeness (QED) is 0.638. The monoisotopic (exact) mass is 276 g/mol. The van der Waals surface area contributed by atoms with Gasteiger partial charge in [0.15, 0.2) is 0 Å². The van der Waals surface area contributed by atoms with Crippen LogP contribution in [0.2, 0.25) is 0 Å². The molecule has 0 saturated carbocycles. The van der Waals surface area contributed by atoms with E-state index in [9.17, 15) is 0 Å². The molecule has 0 radical (unpaired) electrons. The summed E-state index contributed by atoms with van der Waals surface area (Å²) in [5.41, 5.74) is 5.44. The average molecular weight is 278 g/mol. The zero-order valence-corrected chi connectivity index (χ0v) is 12.4. The van der Waals surface area contributed by atoms with Crippen molar-refractivity contribution in [2.24, 2.45) is 0 Å². The molecule has 0 fully saturated rings. The predicted octanol–water partition coefficient (Wildman–Crippen LogP) is 4.04. The summed E-state index contributed by atoms with van der Waals surface area (Å²) >= 11 is 0. The zero-order chi connectivity index (χ0) is 10.6. The van der Waals surface area contributed by atoms with E-state index < -0.39 is 0 Å². The van der Waals surface area contributed by atoms with E-state index in [-0.39, 0.29) is 26.2 Å². The second-order valence-corrected chi connectivity index (χ2v) is 3.93. The molecular formula is C14H18Zr. The Kier molecular flexibility index (Phi) is 6.76. The van der Waals surface area contributed by atoms with Gasteiger partial charge in [-0.05, 0) is 0 Å². The standard InChI is InChI=1S/2C7H9.Zr/c2*1-6-3-4-7(2)5-6;/h2*3-5H,1-2H3;/q2*-1;+2. The van der Waals surface area contributed by atoms with Gasteiger partial charge in [-0.2, -0.15) is 35.4 Å². The van der Waals surface area contributed by atoms with Crippen LogP contribution in [-0.4, -0.2) is 0 Å². The molecule has 0 saturated heterocycles. The smallest absolute Gasteiger partial charge is 0.211 e. The van der Waals surface area contributed by atoms with Crippen molar-refractivity contribution in [3.63, 3.8) is 0 Å². The van der Waals surface area contributed by atoms with Crippen molar-refractivity contribution in [2.75, 3.05) is 0 Å². The van der Waals surface area contributed by atoms with Crippen LogP contribution in [0.5, 0.6) is 0 Å². The van der Waals surface area contributed by atoms with E-state index in [1.54, 1.807) is 0 Å². The molecule has 1 heteroatoms. The summed E-state index contributed by atoms with van der Waals surface area (Å²) in [6.07, 6.45) is 0. The van der Waals surface area contributed by atoms with Crippen LogP contribution in [0.15, 0.2) is 36.4 Å². The van der Waals surface area contributed by atoms with Crippen molar-refractivity contribution in [3.8, 4) is 0 Å². The summed E-state index contributed by atoms with van der Waals surface area (Å²) in [6.45, 7) is 8.42. The zero-order valence-electron chi connectivity index (χ0n) is 9.96. The van der Waals surface area contributed by atoms with Gasteiger partial charge in [0.25, 0.3) is 0 Å². The molecule has 0 heterocycles. The molecule has 0 nitrogen and oxygen atoms in total. The van der Waals surface area contributed by atoms with Gasteiger partial charge in [-0.1, -0.05) is 27.7 Å². The number of aryl methyl sites for hydroxylation is 4. The molecule has 78 valence electrons. The molecule has 0 aliphatic heterocycles. The minimum absolute atomic E-state index is 0. The third-order valence-corrected chi connectivity index (χ3v) is 2.13. The third-order valence-electron chi connectivity index (χ3n) is 2.13. The van der Waals surface area contributed by atoms with Gasteiger partial charge in [0.05, 0.1) is 0 Å². The van der Waals surface area contributed by atoms with Crippen LogP contribution in [0.25, 0.3) is 0 Å². The van der Waals surface area contributed by atoms with Crippen molar-refractivity contribution < 1.29 is 26.2 Å². The molecular weight excluding hydrogens is 259 g/mol. The predicted molar refractivity (Wildman–Crippen MR) is 63.0 cm³/mol. The maximum atomic E-state index is 2.17. The van der Waals surface area contributed by atoms with Gasteiger partial charge in [0.1, 0.15) is 0 Å². The molecule has 0 N–H and O–H groups in total. The number of hydrogen-bond donors (Lipinski definition) is 0. The second-order valence-electron chi connectivity index (χ2n) is 3.93. The fraction of sp³-hybridized carbons (Fsp3) is 0.286. The second kappa shape index (κ2) is 6.96. The van der Waals surface area contributed by atoms with Crippen LogP contribution >= 0.6 is 0 Å². The Morgan fingerprint density at radius 3 is 1.20 bits per heavy atom. The Morgan fingerprint density at radius 2 is 1.13 bits per heavy atom. The average Bonchev–Trinajstić information content (AvgIpc) is 2.63. The van der Waals surface area contributed by atoms with Crippen molar-refractivity contribution in [1.29, 1.82) is 0 Å². The summed E-state index contributed by atoms with van der Waals surface area (Å²) in [4.78, 5) is 0. The van der Waals surface area contributed by atoms with Gasteiger partial charge in [0, 0.05) is 0 Å². The number of hydrogen-bond acceptors (Lipinski definition) is 0. The van der Waals surface area contributed by atoms with E-state index in [1.807, 2.05) is 0 Å². The molecule has 0 aliphatic rings. The van der Waals surface area contributed by atoms with E-state index in [2.05, 4.69) is 64.1 Å². The molecule has 2 aromatic rings.